The summed E-state index contributed by atoms with van der Waals surface area (Å²) in [5, 5.41) is 13.6. The van der Waals surface area contributed by atoms with E-state index in [1.807, 2.05) is 44.2 Å². The van der Waals surface area contributed by atoms with Gasteiger partial charge in [0.1, 0.15) is 5.54 Å². The Hall–Kier alpha value is -2.10. The minimum absolute atomic E-state index is 0.567. The first-order valence-corrected chi connectivity index (χ1v) is 6.84. The molecule has 4 heteroatoms. The SMILES string of the molecule is CCCC(C)(Nc1cc(C)nc2ccccc12)C(=O)O. The number of aryl methyl sites for hydroxylation is 1. The van der Waals surface area contributed by atoms with Gasteiger partial charge >= 0.3 is 5.97 Å². The molecule has 0 radical (unpaired) electrons. The van der Waals surface area contributed by atoms with E-state index < -0.39 is 11.5 Å². The number of hydrogen-bond acceptors (Lipinski definition) is 3. The van der Waals surface area contributed by atoms with Crippen molar-refractivity contribution in [1.29, 1.82) is 0 Å². The summed E-state index contributed by atoms with van der Waals surface area (Å²) in [6, 6.07) is 9.66. The summed E-state index contributed by atoms with van der Waals surface area (Å²) < 4.78 is 0. The molecule has 4 nitrogen and oxygen atoms in total. The van der Waals surface area contributed by atoms with E-state index in [1.54, 1.807) is 6.92 Å². The Balaban J connectivity index is 2.49. The second kappa shape index (κ2) is 5.49. The van der Waals surface area contributed by atoms with Gasteiger partial charge in [0.2, 0.25) is 0 Å². The van der Waals surface area contributed by atoms with Gasteiger partial charge in [-0.3, -0.25) is 4.98 Å². The second-order valence-corrected chi connectivity index (χ2v) is 5.34. The lowest BCUT2D eigenvalue weighted by Gasteiger charge is -2.28. The molecule has 0 amide bonds. The van der Waals surface area contributed by atoms with Crippen LogP contribution in [-0.4, -0.2) is 21.6 Å². The van der Waals surface area contributed by atoms with Crippen molar-refractivity contribution in [3.05, 3.63) is 36.0 Å². The summed E-state index contributed by atoms with van der Waals surface area (Å²) in [5.41, 5.74) is 1.60. The number of aliphatic carboxylic acids is 1. The van der Waals surface area contributed by atoms with Crippen LogP contribution in [0.1, 0.15) is 32.4 Å². The van der Waals surface area contributed by atoms with Crippen molar-refractivity contribution >= 4 is 22.6 Å². The summed E-state index contributed by atoms with van der Waals surface area (Å²) >= 11 is 0. The lowest BCUT2D eigenvalue weighted by Crippen LogP contribution is -2.43. The van der Waals surface area contributed by atoms with E-state index in [0.29, 0.717) is 6.42 Å². The number of pyridine rings is 1. The molecule has 20 heavy (non-hydrogen) atoms. The van der Waals surface area contributed by atoms with Crippen molar-refractivity contribution in [2.45, 2.75) is 39.2 Å². The zero-order chi connectivity index (χ0) is 14.8. The number of carboxylic acids is 1. The van der Waals surface area contributed by atoms with Gasteiger partial charge in [-0.05, 0) is 32.4 Å². The molecule has 106 valence electrons. The summed E-state index contributed by atoms with van der Waals surface area (Å²) in [4.78, 5) is 16.0. The van der Waals surface area contributed by atoms with Gasteiger partial charge in [0.15, 0.2) is 0 Å². The van der Waals surface area contributed by atoms with E-state index in [0.717, 1.165) is 28.7 Å². The number of carbonyl (C=O) groups is 1. The topological polar surface area (TPSA) is 62.2 Å². The highest BCUT2D eigenvalue weighted by molar-refractivity contribution is 5.94. The Bertz CT molecular complexity index is 639. The van der Waals surface area contributed by atoms with E-state index in [9.17, 15) is 9.90 Å². The largest absolute Gasteiger partial charge is 0.480 e. The fourth-order valence-corrected chi connectivity index (χ4v) is 2.43. The maximum Gasteiger partial charge on any atom is 0.329 e. The second-order valence-electron chi connectivity index (χ2n) is 5.34. The molecule has 0 aliphatic rings. The van der Waals surface area contributed by atoms with Gasteiger partial charge in [0, 0.05) is 16.8 Å². The molecule has 0 aliphatic carbocycles. The number of rotatable bonds is 5. The minimum Gasteiger partial charge on any atom is -0.480 e. The Morgan fingerprint density at radius 2 is 2.10 bits per heavy atom. The summed E-state index contributed by atoms with van der Waals surface area (Å²) in [7, 11) is 0. The number of carboxylic acid groups (broad SMARTS) is 1. The average molecular weight is 272 g/mol. The van der Waals surface area contributed by atoms with Gasteiger partial charge in [-0.1, -0.05) is 31.5 Å². The standard InChI is InChI=1S/C16H20N2O2/c1-4-9-16(3,15(19)20)18-14-10-11(2)17-13-8-6-5-7-12(13)14/h5-8,10H,4,9H2,1-3H3,(H,17,18)(H,19,20). The predicted octanol–water partition coefficient (Wildman–Crippen LogP) is 3.60. The predicted molar refractivity (Wildman–Crippen MR) is 81.1 cm³/mol. The van der Waals surface area contributed by atoms with Crippen molar-refractivity contribution in [2.75, 3.05) is 5.32 Å². The average Bonchev–Trinajstić information content (AvgIpc) is 2.38. The molecule has 1 heterocycles. The van der Waals surface area contributed by atoms with E-state index in [2.05, 4.69) is 10.3 Å². The van der Waals surface area contributed by atoms with Gasteiger partial charge in [-0.15, -0.1) is 0 Å². The van der Waals surface area contributed by atoms with Gasteiger partial charge in [0.05, 0.1) is 5.52 Å². The normalized spacial score (nSPS) is 13.9. The van der Waals surface area contributed by atoms with Gasteiger partial charge < -0.3 is 10.4 Å². The summed E-state index contributed by atoms with van der Waals surface area (Å²) in [6.07, 6.45) is 1.37. The van der Waals surface area contributed by atoms with Crippen LogP contribution in [0.2, 0.25) is 0 Å². The summed E-state index contributed by atoms with van der Waals surface area (Å²) in [5.74, 6) is -0.835. The molecule has 2 N–H and O–H groups in total. The number of benzene rings is 1. The third-order valence-electron chi connectivity index (χ3n) is 3.48. The molecule has 0 saturated carbocycles. The fraction of sp³-hybridized carbons (Fsp3) is 0.375. The van der Waals surface area contributed by atoms with E-state index in [-0.39, 0.29) is 0 Å². The molecular formula is C16H20N2O2. The molecule has 0 aliphatic heterocycles. The number of aromatic nitrogens is 1. The fourth-order valence-electron chi connectivity index (χ4n) is 2.43. The Labute approximate surface area is 118 Å². The molecule has 0 saturated heterocycles. The van der Waals surface area contributed by atoms with Crippen molar-refractivity contribution in [1.82, 2.24) is 4.98 Å². The monoisotopic (exact) mass is 272 g/mol. The lowest BCUT2D eigenvalue weighted by molar-refractivity contribution is -0.141. The number of fused-ring (bicyclic) bond motifs is 1. The van der Waals surface area contributed by atoms with Crippen molar-refractivity contribution < 1.29 is 9.90 Å². The number of nitrogens with one attached hydrogen (secondary N) is 1. The van der Waals surface area contributed by atoms with Crippen LogP contribution in [0.5, 0.6) is 0 Å². The number of nitrogens with zero attached hydrogens (tertiary/aromatic N) is 1. The lowest BCUT2D eigenvalue weighted by atomic mass is 9.95. The van der Waals surface area contributed by atoms with Crippen LogP contribution >= 0.6 is 0 Å². The Morgan fingerprint density at radius 3 is 2.75 bits per heavy atom. The van der Waals surface area contributed by atoms with Crippen LogP contribution < -0.4 is 5.32 Å². The Morgan fingerprint density at radius 1 is 1.40 bits per heavy atom. The highest BCUT2D eigenvalue weighted by atomic mass is 16.4. The maximum atomic E-state index is 11.6. The molecular weight excluding hydrogens is 252 g/mol. The first kappa shape index (κ1) is 14.3. The van der Waals surface area contributed by atoms with E-state index in [1.165, 1.54) is 0 Å². The van der Waals surface area contributed by atoms with E-state index in [4.69, 9.17) is 0 Å². The molecule has 1 aromatic heterocycles. The van der Waals surface area contributed by atoms with Crippen LogP contribution in [0.4, 0.5) is 5.69 Å². The maximum absolute atomic E-state index is 11.6. The molecule has 0 spiro atoms. The molecule has 2 aromatic rings. The van der Waals surface area contributed by atoms with Crippen LogP contribution in [0.15, 0.2) is 30.3 Å². The van der Waals surface area contributed by atoms with Crippen LogP contribution in [0.3, 0.4) is 0 Å². The van der Waals surface area contributed by atoms with Crippen LogP contribution in [0.25, 0.3) is 10.9 Å². The zero-order valence-corrected chi connectivity index (χ0v) is 12.1. The number of anilines is 1. The molecule has 1 aromatic carbocycles. The highest BCUT2D eigenvalue weighted by Gasteiger charge is 2.32. The molecule has 0 bridgehead atoms. The van der Waals surface area contributed by atoms with Crippen LogP contribution in [0, 0.1) is 6.92 Å². The quantitative estimate of drug-likeness (QED) is 0.873. The minimum atomic E-state index is -0.967. The zero-order valence-electron chi connectivity index (χ0n) is 12.1. The van der Waals surface area contributed by atoms with Gasteiger partial charge in [0.25, 0.3) is 0 Å². The Kier molecular flexibility index (Phi) is 3.93. The van der Waals surface area contributed by atoms with Crippen LogP contribution in [-0.2, 0) is 4.79 Å². The van der Waals surface area contributed by atoms with Gasteiger partial charge in [-0.2, -0.15) is 0 Å². The third-order valence-corrected chi connectivity index (χ3v) is 3.48. The smallest absolute Gasteiger partial charge is 0.329 e. The van der Waals surface area contributed by atoms with Crippen molar-refractivity contribution in [3.8, 4) is 0 Å². The first-order valence-electron chi connectivity index (χ1n) is 6.84. The number of hydrogen-bond donors (Lipinski definition) is 2. The molecule has 2 rings (SSSR count). The molecule has 1 unspecified atom stereocenters. The van der Waals surface area contributed by atoms with Gasteiger partial charge in [-0.25, -0.2) is 4.79 Å². The summed E-state index contributed by atoms with van der Waals surface area (Å²) in [6.45, 7) is 5.62. The molecule has 1 atom stereocenters. The first-order chi connectivity index (χ1) is 9.46. The number of para-hydroxylation sites is 1. The molecule has 0 fully saturated rings. The van der Waals surface area contributed by atoms with E-state index >= 15 is 0 Å². The third kappa shape index (κ3) is 2.74. The van der Waals surface area contributed by atoms with Crippen molar-refractivity contribution in [3.63, 3.8) is 0 Å². The van der Waals surface area contributed by atoms with Crippen molar-refractivity contribution in [2.24, 2.45) is 0 Å². The highest BCUT2D eigenvalue weighted by Crippen LogP contribution is 2.27.